The standard InChI is InChI=1S/C18H21ClN4O2/c1-12-11-16-22(21-12)10-8-17(24)23(16)13(2)18(25)20-9-7-14-3-5-15(19)6-4-14/h3-6,11,13H,7-10H2,1-2H3,(H,20,25)/t13-/m0/s1. The van der Waals surface area contributed by atoms with E-state index in [9.17, 15) is 9.59 Å². The van der Waals surface area contributed by atoms with Crippen LogP contribution >= 0.6 is 11.6 Å². The topological polar surface area (TPSA) is 67.2 Å². The average Bonchev–Trinajstić information content (AvgIpc) is 2.96. The molecule has 2 heterocycles. The molecule has 1 aromatic heterocycles. The summed E-state index contributed by atoms with van der Waals surface area (Å²) in [7, 11) is 0. The lowest BCUT2D eigenvalue weighted by Gasteiger charge is -2.31. The molecule has 2 aromatic rings. The number of carbonyl (C=O) groups excluding carboxylic acids is 2. The first-order valence-electron chi connectivity index (χ1n) is 8.34. The van der Waals surface area contributed by atoms with Crippen LogP contribution in [0.5, 0.6) is 0 Å². The van der Waals surface area contributed by atoms with Gasteiger partial charge in [-0.25, -0.2) is 4.68 Å². The third kappa shape index (κ3) is 3.85. The van der Waals surface area contributed by atoms with E-state index in [1.807, 2.05) is 37.3 Å². The maximum absolute atomic E-state index is 12.5. The van der Waals surface area contributed by atoms with Crippen LogP contribution in [0.1, 0.15) is 24.6 Å². The lowest BCUT2D eigenvalue weighted by atomic mass is 10.1. The number of anilines is 1. The van der Waals surface area contributed by atoms with Crippen LogP contribution in [0.2, 0.25) is 5.02 Å². The monoisotopic (exact) mass is 360 g/mol. The molecule has 132 valence electrons. The molecule has 1 aliphatic rings. The number of aromatic nitrogens is 2. The highest BCUT2D eigenvalue weighted by molar-refractivity contribution is 6.30. The summed E-state index contributed by atoms with van der Waals surface area (Å²) in [5.74, 6) is 0.469. The third-order valence-electron chi connectivity index (χ3n) is 4.33. The molecule has 0 saturated carbocycles. The van der Waals surface area contributed by atoms with Crippen molar-refractivity contribution in [2.75, 3.05) is 11.4 Å². The number of halogens is 1. The van der Waals surface area contributed by atoms with E-state index in [2.05, 4.69) is 10.4 Å². The van der Waals surface area contributed by atoms with Crippen LogP contribution in [-0.2, 0) is 22.6 Å². The number of amides is 2. The van der Waals surface area contributed by atoms with Gasteiger partial charge in [0.15, 0.2) is 0 Å². The second kappa shape index (κ2) is 7.27. The summed E-state index contributed by atoms with van der Waals surface area (Å²) in [4.78, 5) is 26.4. The van der Waals surface area contributed by atoms with Gasteiger partial charge in [0.2, 0.25) is 11.8 Å². The zero-order valence-corrected chi connectivity index (χ0v) is 15.1. The number of nitrogens with one attached hydrogen (secondary N) is 1. The van der Waals surface area contributed by atoms with Gasteiger partial charge >= 0.3 is 0 Å². The molecule has 6 nitrogen and oxygen atoms in total. The molecular formula is C18H21ClN4O2. The number of fused-ring (bicyclic) bond motifs is 1. The van der Waals surface area contributed by atoms with E-state index < -0.39 is 6.04 Å². The van der Waals surface area contributed by atoms with Crippen molar-refractivity contribution < 1.29 is 9.59 Å². The number of benzene rings is 1. The van der Waals surface area contributed by atoms with Crippen molar-refractivity contribution in [2.45, 2.75) is 39.3 Å². The minimum Gasteiger partial charge on any atom is -0.354 e. The predicted octanol–water partition coefficient (Wildman–Crippen LogP) is 2.33. The molecule has 0 radical (unpaired) electrons. The van der Waals surface area contributed by atoms with Crippen LogP contribution in [0.25, 0.3) is 0 Å². The van der Waals surface area contributed by atoms with E-state index in [1.165, 1.54) is 0 Å². The second-order valence-electron chi connectivity index (χ2n) is 6.22. The van der Waals surface area contributed by atoms with E-state index in [0.717, 1.165) is 11.3 Å². The average molecular weight is 361 g/mol. The Morgan fingerprint density at radius 3 is 2.80 bits per heavy atom. The maximum atomic E-state index is 12.5. The molecule has 0 aliphatic carbocycles. The molecule has 1 N–H and O–H groups in total. The van der Waals surface area contributed by atoms with Crippen LogP contribution in [0.3, 0.4) is 0 Å². The molecule has 0 fully saturated rings. The van der Waals surface area contributed by atoms with Gasteiger partial charge in [-0.3, -0.25) is 14.5 Å². The summed E-state index contributed by atoms with van der Waals surface area (Å²) in [6.45, 7) is 4.69. The highest BCUT2D eigenvalue weighted by Gasteiger charge is 2.32. The first-order valence-corrected chi connectivity index (χ1v) is 8.72. The summed E-state index contributed by atoms with van der Waals surface area (Å²) in [5, 5.41) is 7.96. The molecule has 1 aromatic carbocycles. The van der Waals surface area contributed by atoms with Gasteiger partial charge in [-0.05, 0) is 38.0 Å². The molecule has 2 amide bonds. The minimum atomic E-state index is -0.576. The predicted molar refractivity (Wildman–Crippen MR) is 96.7 cm³/mol. The maximum Gasteiger partial charge on any atom is 0.242 e. The number of rotatable bonds is 5. The van der Waals surface area contributed by atoms with Crippen molar-refractivity contribution in [1.82, 2.24) is 15.1 Å². The molecule has 7 heteroatoms. The summed E-state index contributed by atoms with van der Waals surface area (Å²) < 4.78 is 1.79. The number of nitrogens with zero attached hydrogens (tertiary/aromatic N) is 3. The molecule has 0 saturated heterocycles. The Balaban J connectivity index is 1.62. The highest BCUT2D eigenvalue weighted by Crippen LogP contribution is 2.24. The van der Waals surface area contributed by atoms with Crippen LogP contribution in [-0.4, -0.2) is 34.2 Å². The van der Waals surface area contributed by atoms with Gasteiger partial charge in [-0.2, -0.15) is 5.10 Å². The van der Waals surface area contributed by atoms with Crippen LogP contribution in [0, 0.1) is 6.92 Å². The molecule has 3 rings (SSSR count). The molecule has 0 spiro atoms. The Kier molecular flexibility index (Phi) is 5.08. The molecule has 0 unspecified atom stereocenters. The second-order valence-corrected chi connectivity index (χ2v) is 6.66. The van der Waals surface area contributed by atoms with Gasteiger partial charge in [0.25, 0.3) is 0 Å². The van der Waals surface area contributed by atoms with E-state index >= 15 is 0 Å². The summed E-state index contributed by atoms with van der Waals surface area (Å²) in [6.07, 6.45) is 1.07. The minimum absolute atomic E-state index is 0.0484. The zero-order valence-electron chi connectivity index (χ0n) is 14.3. The Morgan fingerprint density at radius 2 is 2.08 bits per heavy atom. The lowest BCUT2D eigenvalue weighted by molar-refractivity contribution is -0.126. The molecule has 1 atom stereocenters. The van der Waals surface area contributed by atoms with Gasteiger partial charge in [0, 0.05) is 24.1 Å². The van der Waals surface area contributed by atoms with Crippen LogP contribution in [0.15, 0.2) is 30.3 Å². The number of hydrogen-bond acceptors (Lipinski definition) is 3. The highest BCUT2D eigenvalue weighted by atomic mass is 35.5. The molecule has 0 bridgehead atoms. The largest absolute Gasteiger partial charge is 0.354 e. The molecular weight excluding hydrogens is 340 g/mol. The normalized spacial score (nSPS) is 15.0. The summed E-state index contributed by atoms with van der Waals surface area (Å²) in [5.41, 5.74) is 1.94. The summed E-state index contributed by atoms with van der Waals surface area (Å²) >= 11 is 5.87. The number of hydrogen-bond donors (Lipinski definition) is 1. The fourth-order valence-electron chi connectivity index (χ4n) is 3.00. The van der Waals surface area contributed by atoms with Gasteiger partial charge in [-0.1, -0.05) is 23.7 Å². The Labute approximate surface area is 151 Å². The summed E-state index contributed by atoms with van der Waals surface area (Å²) in [6, 6.07) is 8.80. The van der Waals surface area contributed by atoms with Crippen LogP contribution in [0.4, 0.5) is 5.82 Å². The van der Waals surface area contributed by atoms with Crippen LogP contribution < -0.4 is 10.2 Å². The Morgan fingerprint density at radius 1 is 1.36 bits per heavy atom. The SMILES string of the molecule is Cc1cc2n(n1)CCC(=O)N2[C@@H](C)C(=O)NCCc1ccc(Cl)cc1. The van der Waals surface area contributed by atoms with E-state index in [-0.39, 0.29) is 11.8 Å². The first kappa shape index (κ1) is 17.5. The van der Waals surface area contributed by atoms with Gasteiger partial charge in [-0.15, -0.1) is 0 Å². The van der Waals surface area contributed by atoms with Gasteiger partial charge < -0.3 is 5.32 Å². The Bertz CT molecular complexity index is 785. The molecule has 1 aliphatic heterocycles. The van der Waals surface area contributed by atoms with Crippen molar-refractivity contribution in [3.8, 4) is 0 Å². The van der Waals surface area contributed by atoms with Gasteiger partial charge in [0.1, 0.15) is 11.9 Å². The van der Waals surface area contributed by atoms with E-state index in [0.29, 0.717) is 36.8 Å². The third-order valence-corrected chi connectivity index (χ3v) is 4.58. The fraction of sp³-hybridized carbons (Fsp3) is 0.389. The quantitative estimate of drug-likeness (QED) is 0.889. The van der Waals surface area contributed by atoms with Crippen molar-refractivity contribution in [3.05, 3.63) is 46.6 Å². The Hall–Kier alpha value is -2.34. The van der Waals surface area contributed by atoms with Gasteiger partial charge in [0.05, 0.1) is 12.2 Å². The molecule has 25 heavy (non-hydrogen) atoms. The zero-order chi connectivity index (χ0) is 18.0. The van der Waals surface area contributed by atoms with Crippen molar-refractivity contribution in [2.24, 2.45) is 0 Å². The smallest absolute Gasteiger partial charge is 0.242 e. The van der Waals surface area contributed by atoms with Crippen molar-refractivity contribution in [1.29, 1.82) is 0 Å². The van der Waals surface area contributed by atoms with Crippen molar-refractivity contribution in [3.63, 3.8) is 0 Å². The number of carbonyl (C=O) groups is 2. The lowest BCUT2D eigenvalue weighted by Crippen LogP contribution is -2.51. The van der Waals surface area contributed by atoms with E-state index in [4.69, 9.17) is 11.6 Å². The first-order chi connectivity index (χ1) is 12.0. The fourth-order valence-corrected chi connectivity index (χ4v) is 3.13. The number of aryl methyl sites for hydroxylation is 2. The van der Waals surface area contributed by atoms with E-state index in [1.54, 1.807) is 16.5 Å². The van der Waals surface area contributed by atoms with Crippen molar-refractivity contribution >= 4 is 29.2 Å².